The van der Waals surface area contributed by atoms with Crippen LogP contribution < -0.4 is 11.1 Å². The van der Waals surface area contributed by atoms with Crippen molar-refractivity contribution in [1.82, 2.24) is 10.2 Å². The Morgan fingerprint density at radius 2 is 2.00 bits per heavy atom. The Kier molecular flexibility index (Phi) is 5.84. The van der Waals surface area contributed by atoms with Gasteiger partial charge < -0.3 is 15.5 Å². The minimum absolute atomic E-state index is 0.0692. The molecule has 1 heterocycles. The fraction of sp³-hybridized carbons (Fsp3) is 0.231. The first-order valence-corrected chi connectivity index (χ1v) is 8.60. The smallest absolute Gasteiger partial charge is 0.316 e. The van der Waals surface area contributed by atoms with Gasteiger partial charge in [-0.2, -0.15) is 11.8 Å². The third-order valence-electron chi connectivity index (χ3n) is 2.52. The zero-order valence-electron chi connectivity index (χ0n) is 11.7. The second kappa shape index (κ2) is 7.85. The van der Waals surface area contributed by atoms with Crippen LogP contribution >= 0.6 is 23.5 Å². The van der Waals surface area contributed by atoms with E-state index in [0.717, 1.165) is 0 Å². The van der Waals surface area contributed by atoms with Crippen LogP contribution in [-0.4, -0.2) is 34.0 Å². The van der Waals surface area contributed by atoms with Crippen molar-refractivity contribution in [1.29, 1.82) is 0 Å². The number of nitrogens with zero attached hydrogens (tertiary/aromatic N) is 2. The number of ketones is 1. The molecule has 0 aliphatic rings. The van der Waals surface area contributed by atoms with Crippen LogP contribution in [0.1, 0.15) is 16.2 Å². The number of hydrogen-bond donors (Lipinski definition) is 2. The molecule has 116 valence electrons. The van der Waals surface area contributed by atoms with Crippen LogP contribution in [0.3, 0.4) is 0 Å². The summed E-state index contributed by atoms with van der Waals surface area (Å²) < 4.78 is 5.38. The number of anilines is 1. The fourth-order valence-electron chi connectivity index (χ4n) is 1.57. The number of nitrogens with one attached hydrogen (secondary N) is 1. The average Bonchev–Trinajstić information content (AvgIpc) is 2.93. The molecule has 0 saturated heterocycles. The van der Waals surface area contributed by atoms with Gasteiger partial charge in [-0.3, -0.25) is 4.79 Å². The van der Waals surface area contributed by atoms with Gasteiger partial charge in [0.05, 0.1) is 11.5 Å². The number of hydrogen-bond acceptors (Lipinski definition) is 7. The molecule has 2 aromatic rings. The van der Waals surface area contributed by atoms with E-state index in [1.165, 1.54) is 11.8 Å². The van der Waals surface area contributed by atoms with Gasteiger partial charge >= 0.3 is 6.03 Å². The topological polar surface area (TPSA) is 111 Å². The van der Waals surface area contributed by atoms with E-state index in [1.54, 1.807) is 36.0 Å². The van der Waals surface area contributed by atoms with E-state index in [1.807, 2.05) is 6.26 Å². The first-order valence-electron chi connectivity index (χ1n) is 6.22. The Bertz CT molecular complexity index is 658. The highest BCUT2D eigenvalue weighted by atomic mass is 32.2. The van der Waals surface area contributed by atoms with Crippen LogP contribution in [0, 0.1) is 0 Å². The largest absolute Gasteiger partial charge is 0.415 e. The molecule has 2 rings (SSSR count). The van der Waals surface area contributed by atoms with Crippen molar-refractivity contribution in [3.8, 4) is 0 Å². The van der Waals surface area contributed by atoms with Gasteiger partial charge in [-0.25, -0.2) is 4.79 Å². The van der Waals surface area contributed by atoms with E-state index in [0.29, 0.717) is 28.1 Å². The van der Waals surface area contributed by atoms with Gasteiger partial charge in [0.25, 0.3) is 5.22 Å². The first-order chi connectivity index (χ1) is 10.6. The summed E-state index contributed by atoms with van der Waals surface area (Å²) >= 11 is 2.78. The highest BCUT2D eigenvalue weighted by molar-refractivity contribution is 7.99. The molecule has 1 aromatic carbocycles. The van der Waals surface area contributed by atoms with Crippen LogP contribution in [0.4, 0.5) is 10.5 Å². The van der Waals surface area contributed by atoms with Crippen molar-refractivity contribution in [3.63, 3.8) is 0 Å². The summed E-state index contributed by atoms with van der Waals surface area (Å²) in [6.45, 7) is 0. The molecule has 0 aliphatic carbocycles. The van der Waals surface area contributed by atoms with Crippen LogP contribution in [0.5, 0.6) is 0 Å². The lowest BCUT2D eigenvalue weighted by Crippen LogP contribution is -2.19. The zero-order chi connectivity index (χ0) is 15.9. The molecule has 0 unspecified atom stereocenters. The van der Waals surface area contributed by atoms with Crippen molar-refractivity contribution >= 4 is 41.0 Å². The summed E-state index contributed by atoms with van der Waals surface area (Å²) in [7, 11) is 0. The van der Waals surface area contributed by atoms with Gasteiger partial charge in [0.15, 0.2) is 5.78 Å². The molecule has 3 N–H and O–H groups in total. The van der Waals surface area contributed by atoms with Gasteiger partial charge in [-0.05, 0) is 30.5 Å². The standard InChI is InChI=1S/C13H14N4O3S2/c1-21-7-11-16-17-13(20-11)22-6-10(18)8-2-4-9(5-3-8)15-12(14)19/h2-5H,6-7H2,1H3,(H3,14,15,19). The summed E-state index contributed by atoms with van der Waals surface area (Å²) in [6, 6.07) is 5.84. The van der Waals surface area contributed by atoms with E-state index in [-0.39, 0.29) is 11.5 Å². The summed E-state index contributed by atoms with van der Waals surface area (Å²) in [5.41, 5.74) is 6.08. The summed E-state index contributed by atoms with van der Waals surface area (Å²) in [5, 5.41) is 10.6. The van der Waals surface area contributed by atoms with E-state index in [4.69, 9.17) is 10.2 Å². The summed E-state index contributed by atoms with van der Waals surface area (Å²) in [5.74, 6) is 1.32. The van der Waals surface area contributed by atoms with Crippen LogP contribution in [0.25, 0.3) is 0 Å². The normalized spacial score (nSPS) is 10.4. The minimum atomic E-state index is -0.646. The Labute approximate surface area is 135 Å². The number of primary amides is 1. The molecule has 22 heavy (non-hydrogen) atoms. The van der Waals surface area contributed by atoms with E-state index in [2.05, 4.69) is 15.5 Å². The van der Waals surface area contributed by atoms with Crippen LogP contribution in [0.2, 0.25) is 0 Å². The number of carbonyl (C=O) groups excluding carboxylic acids is 2. The quantitative estimate of drug-likeness (QED) is 0.589. The summed E-state index contributed by atoms with van der Waals surface area (Å²) in [4.78, 5) is 22.8. The van der Waals surface area contributed by atoms with Gasteiger partial charge in [-0.1, -0.05) is 11.8 Å². The number of carbonyl (C=O) groups is 2. The van der Waals surface area contributed by atoms with Crippen molar-refractivity contribution in [2.45, 2.75) is 11.0 Å². The van der Waals surface area contributed by atoms with Crippen molar-refractivity contribution < 1.29 is 14.0 Å². The number of thioether (sulfide) groups is 2. The van der Waals surface area contributed by atoms with E-state index >= 15 is 0 Å². The lowest BCUT2D eigenvalue weighted by molar-refractivity contribution is 0.102. The molecule has 7 nitrogen and oxygen atoms in total. The first kappa shape index (κ1) is 16.4. The SMILES string of the molecule is CSCc1nnc(SCC(=O)c2ccc(NC(N)=O)cc2)o1. The summed E-state index contributed by atoms with van der Waals surface area (Å²) in [6.07, 6.45) is 1.94. The molecular weight excluding hydrogens is 324 g/mol. The predicted octanol–water partition coefficient (Wildman–Crippen LogP) is 2.40. The van der Waals surface area contributed by atoms with Crippen LogP contribution in [0.15, 0.2) is 33.9 Å². The van der Waals surface area contributed by atoms with Crippen LogP contribution in [-0.2, 0) is 5.75 Å². The Morgan fingerprint density at radius 1 is 1.27 bits per heavy atom. The number of aromatic nitrogens is 2. The van der Waals surface area contributed by atoms with Crippen molar-refractivity contribution in [3.05, 3.63) is 35.7 Å². The highest BCUT2D eigenvalue weighted by Crippen LogP contribution is 2.20. The molecule has 2 amide bonds. The number of benzene rings is 1. The number of amides is 2. The Hall–Kier alpha value is -2.00. The number of Topliss-reactive ketones (excluding diaryl/α,β-unsaturated/α-hetero) is 1. The zero-order valence-corrected chi connectivity index (χ0v) is 13.4. The molecule has 0 bridgehead atoms. The molecular formula is C13H14N4O3S2. The van der Waals surface area contributed by atoms with Crippen molar-refractivity contribution in [2.75, 3.05) is 17.3 Å². The van der Waals surface area contributed by atoms with Gasteiger partial charge in [-0.15, -0.1) is 10.2 Å². The third kappa shape index (κ3) is 4.78. The molecule has 0 saturated carbocycles. The highest BCUT2D eigenvalue weighted by Gasteiger charge is 2.11. The van der Waals surface area contributed by atoms with Gasteiger partial charge in [0.2, 0.25) is 5.89 Å². The van der Waals surface area contributed by atoms with Gasteiger partial charge in [0, 0.05) is 11.3 Å². The van der Waals surface area contributed by atoms with E-state index < -0.39 is 6.03 Å². The van der Waals surface area contributed by atoms with Gasteiger partial charge in [0.1, 0.15) is 0 Å². The molecule has 0 spiro atoms. The molecule has 0 aliphatic heterocycles. The Balaban J connectivity index is 1.89. The number of nitrogens with two attached hydrogens (primary N) is 1. The Morgan fingerprint density at radius 3 is 2.64 bits per heavy atom. The molecule has 0 fully saturated rings. The van der Waals surface area contributed by atoms with E-state index in [9.17, 15) is 9.59 Å². The molecule has 0 radical (unpaired) electrons. The lowest BCUT2D eigenvalue weighted by atomic mass is 10.1. The fourth-order valence-corrected chi connectivity index (χ4v) is 2.61. The number of urea groups is 1. The predicted molar refractivity (Wildman–Crippen MR) is 86.2 cm³/mol. The maximum Gasteiger partial charge on any atom is 0.316 e. The molecule has 9 heteroatoms. The molecule has 0 atom stereocenters. The average molecular weight is 338 g/mol. The second-order valence-corrected chi connectivity index (χ2v) is 5.97. The third-order valence-corrected chi connectivity index (χ3v) is 3.87. The minimum Gasteiger partial charge on any atom is -0.415 e. The maximum atomic E-state index is 12.1. The van der Waals surface area contributed by atoms with Crippen molar-refractivity contribution in [2.24, 2.45) is 5.73 Å². The monoisotopic (exact) mass is 338 g/mol. The maximum absolute atomic E-state index is 12.1. The lowest BCUT2D eigenvalue weighted by Gasteiger charge is -2.03. The molecule has 1 aromatic heterocycles. The second-order valence-electron chi connectivity index (χ2n) is 4.17. The number of rotatable bonds is 7.